The second-order valence-corrected chi connectivity index (χ2v) is 5.35. The maximum Gasteiger partial charge on any atom is 0.338 e. The molecule has 0 aliphatic carbocycles. The van der Waals surface area contributed by atoms with Gasteiger partial charge in [0.15, 0.2) is 5.76 Å². The maximum absolute atomic E-state index is 11.6. The number of hydrogen-bond acceptors (Lipinski definition) is 4. The van der Waals surface area contributed by atoms with Gasteiger partial charge in [0.2, 0.25) is 0 Å². The molecular weight excluding hydrogens is 294 g/mol. The largest absolute Gasteiger partial charge is 0.462 e. The quantitative estimate of drug-likeness (QED) is 0.730. The fourth-order valence-corrected chi connectivity index (χ4v) is 2.28. The summed E-state index contributed by atoms with van der Waals surface area (Å²) in [7, 11) is 0. The molecule has 0 amide bonds. The first-order chi connectivity index (χ1) is 11.2. The number of carbonyl (C=O) groups excluding carboxylic acids is 1. The van der Waals surface area contributed by atoms with Crippen molar-refractivity contribution >= 4 is 5.97 Å². The predicted molar refractivity (Wildman–Crippen MR) is 86.9 cm³/mol. The normalized spacial score (nSPS) is 12.1. The van der Waals surface area contributed by atoms with Crippen LogP contribution >= 0.6 is 0 Å². The third kappa shape index (κ3) is 4.68. The minimum atomic E-state index is -0.316. The van der Waals surface area contributed by atoms with Crippen LogP contribution in [-0.2, 0) is 11.3 Å². The Hall–Kier alpha value is -2.11. The van der Waals surface area contributed by atoms with Gasteiger partial charge >= 0.3 is 5.97 Å². The molecule has 1 atom stereocenters. The number of carbonyl (C=O) groups is 1. The molecule has 1 aromatic carbocycles. The zero-order valence-electron chi connectivity index (χ0n) is 13.6. The number of furan rings is 1. The summed E-state index contributed by atoms with van der Waals surface area (Å²) < 4.78 is 10.8. The Balaban J connectivity index is 2.01. The Labute approximate surface area is 136 Å². The molecule has 0 aliphatic rings. The maximum atomic E-state index is 11.6. The Kier molecular flexibility index (Phi) is 6.38. The highest BCUT2D eigenvalue weighted by atomic mass is 16.5. The molecule has 23 heavy (non-hydrogen) atoms. The van der Waals surface area contributed by atoms with Crippen LogP contribution in [0.15, 0.2) is 40.8 Å². The van der Waals surface area contributed by atoms with Crippen molar-refractivity contribution in [2.45, 2.75) is 32.9 Å². The average molecular weight is 318 g/mol. The zero-order chi connectivity index (χ0) is 16.7. The second-order valence-electron chi connectivity index (χ2n) is 5.35. The first kappa shape index (κ1) is 17.2. The number of rotatable bonds is 8. The van der Waals surface area contributed by atoms with E-state index in [4.69, 9.17) is 9.15 Å². The number of aliphatic hydroxyl groups excluding tert-OH is 1. The number of ether oxygens (including phenoxy) is 1. The molecule has 0 unspecified atom stereocenters. The highest BCUT2D eigenvalue weighted by Gasteiger charge is 2.11. The summed E-state index contributed by atoms with van der Waals surface area (Å²) in [5, 5.41) is 11.3. The van der Waals surface area contributed by atoms with E-state index in [1.54, 1.807) is 19.1 Å². The van der Waals surface area contributed by atoms with E-state index in [1.807, 2.05) is 24.3 Å². The van der Waals surface area contributed by atoms with Crippen LogP contribution in [0.4, 0.5) is 0 Å². The highest BCUT2D eigenvalue weighted by Crippen LogP contribution is 2.22. The zero-order valence-corrected chi connectivity index (χ0v) is 13.6. The van der Waals surface area contributed by atoms with E-state index < -0.39 is 0 Å². The number of benzene rings is 1. The molecule has 2 rings (SSSR count). The van der Waals surface area contributed by atoms with Crippen molar-refractivity contribution in [1.82, 2.24) is 0 Å². The number of quaternary nitrogens is 1. The number of hydrogen-bond donors (Lipinski definition) is 2. The Morgan fingerprint density at radius 2 is 1.96 bits per heavy atom. The van der Waals surface area contributed by atoms with Crippen molar-refractivity contribution < 1.29 is 24.4 Å². The Morgan fingerprint density at radius 1 is 1.22 bits per heavy atom. The second kappa shape index (κ2) is 8.50. The van der Waals surface area contributed by atoms with Crippen molar-refractivity contribution in [3.05, 3.63) is 47.7 Å². The topological polar surface area (TPSA) is 76.3 Å². The molecular formula is C18H24NO4+. The lowest BCUT2D eigenvalue weighted by Crippen LogP contribution is -2.89. The third-order valence-electron chi connectivity index (χ3n) is 3.75. The van der Waals surface area contributed by atoms with Gasteiger partial charge in [0.25, 0.3) is 0 Å². The molecule has 0 saturated carbocycles. The predicted octanol–water partition coefficient (Wildman–Crippen LogP) is 1.96. The van der Waals surface area contributed by atoms with Gasteiger partial charge in [-0.3, -0.25) is 0 Å². The molecule has 0 radical (unpaired) electrons. The van der Waals surface area contributed by atoms with Crippen LogP contribution in [0.3, 0.4) is 0 Å². The Morgan fingerprint density at radius 3 is 2.57 bits per heavy atom. The van der Waals surface area contributed by atoms with Gasteiger partial charge < -0.3 is 19.6 Å². The molecule has 0 fully saturated rings. The molecule has 0 aliphatic heterocycles. The molecule has 0 spiro atoms. The van der Waals surface area contributed by atoms with Crippen LogP contribution in [0, 0.1) is 0 Å². The molecule has 0 bridgehead atoms. The monoisotopic (exact) mass is 318 g/mol. The smallest absolute Gasteiger partial charge is 0.338 e. The first-order valence-corrected chi connectivity index (χ1v) is 7.98. The molecule has 0 saturated heterocycles. The van der Waals surface area contributed by atoms with Gasteiger partial charge in [-0.25, -0.2) is 4.79 Å². The van der Waals surface area contributed by atoms with E-state index >= 15 is 0 Å². The van der Waals surface area contributed by atoms with Crippen molar-refractivity contribution in [3.63, 3.8) is 0 Å². The molecule has 5 heteroatoms. The standard InChI is InChI=1S/C18H23NO4/c1-3-15(12-20)19-11-16-9-10-17(23-16)13-5-7-14(8-6-13)18(21)22-4-2/h5-10,15,19-20H,3-4,11-12H2,1-2H3/p+1/t15-/m1/s1. The van der Waals surface area contributed by atoms with E-state index in [2.05, 4.69) is 12.2 Å². The molecule has 1 aromatic heterocycles. The van der Waals surface area contributed by atoms with Crippen molar-refractivity contribution in [2.75, 3.05) is 13.2 Å². The summed E-state index contributed by atoms with van der Waals surface area (Å²) in [6.45, 7) is 5.06. The highest BCUT2D eigenvalue weighted by molar-refractivity contribution is 5.89. The molecule has 1 heterocycles. The minimum Gasteiger partial charge on any atom is -0.462 e. The van der Waals surface area contributed by atoms with Crippen LogP contribution in [0.2, 0.25) is 0 Å². The van der Waals surface area contributed by atoms with Gasteiger partial charge in [-0.05, 0) is 37.6 Å². The van der Waals surface area contributed by atoms with E-state index in [9.17, 15) is 9.90 Å². The summed E-state index contributed by atoms with van der Waals surface area (Å²) in [5.74, 6) is 1.31. The van der Waals surface area contributed by atoms with Gasteiger partial charge in [-0.1, -0.05) is 19.1 Å². The van der Waals surface area contributed by atoms with E-state index in [0.29, 0.717) is 18.7 Å². The van der Waals surface area contributed by atoms with Crippen LogP contribution in [-0.4, -0.2) is 30.3 Å². The van der Waals surface area contributed by atoms with E-state index in [0.717, 1.165) is 23.5 Å². The molecule has 124 valence electrons. The lowest BCUT2D eigenvalue weighted by molar-refractivity contribution is -0.707. The molecule has 5 nitrogen and oxygen atoms in total. The fraction of sp³-hybridized carbons (Fsp3) is 0.389. The third-order valence-corrected chi connectivity index (χ3v) is 3.75. The first-order valence-electron chi connectivity index (χ1n) is 7.98. The summed E-state index contributed by atoms with van der Waals surface area (Å²) in [5.41, 5.74) is 1.45. The van der Waals surface area contributed by atoms with Crippen LogP contribution < -0.4 is 5.32 Å². The minimum absolute atomic E-state index is 0.166. The Bertz CT molecular complexity index is 614. The summed E-state index contributed by atoms with van der Waals surface area (Å²) in [4.78, 5) is 11.6. The number of nitrogens with two attached hydrogens (primary N) is 1. The fourth-order valence-electron chi connectivity index (χ4n) is 2.28. The average Bonchev–Trinajstić information content (AvgIpc) is 3.05. The van der Waals surface area contributed by atoms with Gasteiger partial charge in [-0.15, -0.1) is 0 Å². The van der Waals surface area contributed by atoms with E-state index in [1.165, 1.54) is 0 Å². The molecule has 2 aromatic rings. The lowest BCUT2D eigenvalue weighted by Gasteiger charge is -2.08. The summed E-state index contributed by atoms with van der Waals surface area (Å²) >= 11 is 0. The van der Waals surface area contributed by atoms with Crippen molar-refractivity contribution in [2.24, 2.45) is 0 Å². The van der Waals surface area contributed by atoms with Crippen LogP contribution in [0.25, 0.3) is 11.3 Å². The van der Waals surface area contributed by atoms with Gasteiger partial charge in [0.1, 0.15) is 18.3 Å². The van der Waals surface area contributed by atoms with E-state index in [-0.39, 0.29) is 18.6 Å². The van der Waals surface area contributed by atoms with Gasteiger partial charge in [-0.2, -0.15) is 0 Å². The van der Waals surface area contributed by atoms with Gasteiger partial charge in [0.05, 0.1) is 18.8 Å². The van der Waals surface area contributed by atoms with Crippen molar-refractivity contribution in [1.29, 1.82) is 0 Å². The van der Waals surface area contributed by atoms with Crippen LogP contribution in [0.1, 0.15) is 36.4 Å². The van der Waals surface area contributed by atoms with Crippen molar-refractivity contribution in [3.8, 4) is 11.3 Å². The number of aliphatic hydroxyl groups is 1. The SMILES string of the molecule is CCOC(=O)c1ccc(-c2ccc(C[NH2+][C@H](CC)CO)o2)cc1. The number of esters is 1. The van der Waals surface area contributed by atoms with Crippen LogP contribution in [0.5, 0.6) is 0 Å². The molecule has 3 N–H and O–H groups in total. The summed E-state index contributed by atoms with van der Waals surface area (Å²) in [6, 6.07) is 11.2. The van der Waals surface area contributed by atoms with Gasteiger partial charge in [0, 0.05) is 5.56 Å². The summed E-state index contributed by atoms with van der Waals surface area (Å²) in [6.07, 6.45) is 0.916. The lowest BCUT2D eigenvalue weighted by atomic mass is 10.1.